The monoisotopic (exact) mass is 100 g/mol. The Hall–Kier alpha value is -0.880. The second-order valence-electron chi connectivity index (χ2n) is 0. The maximum atomic E-state index is 4.00. The molecule has 0 aliphatic carbocycles. The van der Waals surface area contributed by atoms with E-state index < -0.39 is 0 Å². The first-order valence-corrected chi connectivity index (χ1v) is 0.667. The lowest BCUT2D eigenvalue weighted by atomic mass is 11.4. The Morgan fingerprint density at radius 1 is 0.429 bits per heavy atom. The van der Waals surface area contributed by atoms with Gasteiger partial charge in [-0.25, -0.2) is 0 Å². The van der Waals surface area contributed by atoms with Crippen molar-refractivity contribution in [3.05, 3.63) is 0 Å². The smallest absolute Gasteiger partial charge is 0.0776 e. The molecule has 0 aromatic heterocycles. The van der Waals surface area contributed by atoms with Crippen LogP contribution in [0.2, 0.25) is 0 Å². The molecule has 0 aromatic carbocycles. The van der Waals surface area contributed by atoms with Gasteiger partial charge in [0, 0.05) is 0 Å². The highest BCUT2D eigenvalue weighted by Crippen LogP contribution is 0.581. The van der Waals surface area contributed by atoms with E-state index in [9.17, 15) is 0 Å². The van der Waals surface area contributed by atoms with Crippen LogP contribution in [-0.2, 0) is 0 Å². The fraction of sp³-hybridized carbons (Fsp3) is 0.429. The quantitative estimate of drug-likeness (QED) is 0.410. The molecule has 0 aliphatic rings. The van der Waals surface area contributed by atoms with Crippen LogP contribution in [0.15, 0.2) is 0 Å². The van der Waals surface area contributed by atoms with Crippen molar-refractivity contribution in [2.24, 2.45) is 0 Å². The Morgan fingerprint density at radius 2 is 0.429 bits per heavy atom. The molecule has 0 N–H and O–H groups in total. The predicted octanol–water partition coefficient (Wildman–Crippen LogP) is 2.41. The van der Waals surface area contributed by atoms with Crippen LogP contribution >= 0.6 is 0 Å². The third-order valence-corrected chi connectivity index (χ3v) is 0. The van der Waals surface area contributed by atoms with Crippen molar-refractivity contribution in [3.63, 3.8) is 0 Å². The highest BCUT2D eigenvalue weighted by atomic mass is 12.6. The van der Waals surface area contributed by atoms with Crippen LogP contribution in [0, 0.1) is 25.7 Å². The molecule has 0 unspecified atom stereocenters. The number of hydrogen-bond acceptors (Lipinski definition) is 0. The Labute approximate surface area is 49.0 Å². The van der Waals surface area contributed by atoms with Gasteiger partial charge in [0.05, 0.1) is 0 Å². The van der Waals surface area contributed by atoms with Crippen molar-refractivity contribution in [3.8, 4) is 25.7 Å². The Balaban J connectivity index is -0.00000000267. The van der Waals surface area contributed by atoms with Gasteiger partial charge in [-0.1, -0.05) is 22.3 Å². The van der Waals surface area contributed by atoms with E-state index >= 15 is 0 Å². The normalized spacial score (nSPS) is 0.571. The molecule has 44 valence electrons. The van der Waals surface area contributed by atoms with Gasteiger partial charge in [-0.2, -0.15) is 0 Å². The fourth-order valence-corrected chi connectivity index (χ4v) is 0. The molecule has 0 atom stereocenters. The molecule has 0 aliphatic heterocycles. The molecule has 0 radical (unpaired) electrons. The van der Waals surface area contributed by atoms with Crippen LogP contribution in [0.1, 0.15) is 22.3 Å². The standard InChI is InChI=1S/2C2H2.3CH4/c2*1-2;;;/h2*1-2H;3*1H4. The van der Waals surface area contributed by atoms with Gasteiger partial charge in [-0.3, -0.25) is 0 Å². The minimum Gasteiger partial charge on any atom is -0.124 e. The summed E-state index contributed by atoms with van der Waals surface area (Å²) in [5.74, 6) is 0. The Bertz CT molecular complexity index is 15.5. The molecule has 0 rings (SSSR count). The van der Waals surface area contributed by atoms with E-state index in [4.69, 9.17) is 0 Å². The van der Waals surface area contributed by atoms with Crippen molar-refractivity contribution in [1.29, 1.82) is 0 Å². The predicted molar refractivity (Wildman–Crippen MR) is 40.0 cm³/mol. The van der Waals surface area contributed by atoms with Gasteiger partial charge in [-0.05, 0) is 0 Å². The van der Waals surface area contributed by atoms with E-state index in [2.05, 4.69) is 25.7 Å². The van der Waals surface area contributed by atoms with E-state index in [1.165, 1.54) is 0 Å². The average molecular weight is 100 g/mol. The van der Waals surface area contributed by atoms with Gasteiger partial charge in [0.15, 0.2) is 0 Å². The minimum atomic E-state index is 0. The second kappa shape index (κ2) is 112. The van der Waals surface area contributed by atoms with Crippen LogP contribution < -0.4 is 0 Å². The van der Waals surface area contributed by atoms with Crippen LogP contribution in [0.5, 0.6) is 0 Å². The topological polar surface area (TPSA) is 0 Å². The van der Waals surface area contributed by atoms with Crippen LogP contribution in [0.4, 0.5) is 0 Å². The summed E-state index contributed by atoms with van der Waals surface area (Å²) in [6, 6.07) is 0. The first kappa shape index (κ1) is 128. The summed E-state index contributed by atoms with van der Waals surface area (Å²) >= 11 is 0. The highest BCUT2D eigenvalue weighted by molar-refractivity contribution is 4.47. The SMILES string of the molecule is C.C.C.C#C.C#C. The van der Waals surface area contributed by atoms with Gasteiger partial charge in [-0.15, -0.1) is 25.7 Å². The summed E-state index contributed by atoms with van der Waals surface area (Å²) in [6.07, 6.45) is 16.0. The zero-order chi connectivity index (χ0) is 4.00. The van der Waals surface area contributed by atoms with Gasteiger partial charge >= 0.3 is 0 Å². The second-order valence-corrected chi connectivity index (χ2v) is 0. The molecular formula is C7H16. The van der Waals surface area contributed by atoms with Gasteiger partial charge in [0.2, 0.25) is 0 Å². The van der Waals surface area contributed by atoms with Crippen molar-refractivity contribution >= 4 is 0 Å². The van der Waals surface area contributed by atoms with Gasteiger partial charge in [0.1, 0.15) is 0 Å². The molecule has 0 nitrogen and oxygen atoms in total. The van der Waals surface area contributed by atoms with E-state index in [1.807, 2.05) is 0 Å². The van der Waals surface area contributed by atoms with Crippen molar-refractivity contribution < 1.29 is 0 Å². The molecule has 0 spiro atoms. The molecule has 0 fully saturated rings. The molecular weight excluding hydrogens is 84.1 g/mol. The molecule has 0 aromatic rings. The summed E-state index contributed by atoms with van der Waals surface area (Å²) in [7, 11) is 0. The molecule has 0 saturated heterocycles. The van der Waals surface area contributed by atoms with Crippen molar-refractivity contribution in [2.75, 3.05) is 0 Å². The first-order chi connectivity index (χ1) is 2.00. The summed E-state index contributed by atoms with van der Waals surface area (Å²) in [6.45, 7) is 0. The van der Waals surface area contributed by atoms with Gasteiger partial charge in [0.25, 0.3) is 0 Å². The molecule has 0 saturated carbocycles. The zero-order valence-electron chi connectivity index (χ0n) is 2.31. The summed E-state index contributed by atoms with van der Waals surface area (Å²) in [5.41, 5.74) is 0. The summed E-state index contributed by atoms with van der Waals surface area (Å²) in [5, 5.41) is 0. The minimum absolute atomic E-state index is 0. The lowest BCUT2D eigenvalue weighted by Crippen LogP contribution is -0.576. The van der Waals surface area contributed by atoms with Gasteiger partial charge < -0.3 is 0 Å². The summed E-state index contributed by atoms with van der Waals surface area (Å²) < 4.78 is 0. The van der Waals surface area contributed by atoms with E-state index in [0.717, 1.165) is 0 Å². The maximum Gasteiger partial charge on any atom is -0.0776 e. The average Bonchev–Trinajstić information content (AvgIpc) is 1.50. The largest absolute Gasteiger partial charge is 0.124 e. The van der Waals surface area contributed by atoms with E-state index in [0.29, 0.717) is 0 Å². The zero-order valence-corrected chi connectivity index (χ0v) is 2.31. The van der Waals surface area contributed by atoms with Crippen LogP contribution in [0.3, 0.4) is 0 Å². The molecule has 0 heteroatoms. The Morgan fingerprint density at radius 3 is 0.429 bits per heavy atom. The lowest BCUT2D eigenvalue weighted by Gasteiger charge is -0.701. The van der Waals surface area contributed by atoms with Crippen LogP contribution in [-0.4, -0.2) is 0 Å². The molecule has 0 amide bonds. The third-order valence-electron chi connectivity index (χ3n) is 0. The first-order valence-electron chi connectivity index (χ1n) is 0.667. The number of rotatable bonds is 0. The van der Waals surface area contributed by atoms with Crippen molar-refractivity contribution in [1.82, 2.24) is 0 Å². The maximum absolute atomic E-state index is 4.00. The Kier molecular flexibility index (Phi) is 2050. The fourth-order valence-electron chi connectivity index (χ4n) is 0. The van der Waals surface area contributed by atoms with Crippen LogP contribution in [0.25, 0.3) is 0 Å². The third kappa shape index (κ3) is 64.4. The molecule has 0 heterocycles. The number of hydrogen-bond donors (Lipinski definition) is 0. The lowest BCUT2D eigenvalue weighted by molar-refractivity contribution is 2.50. The highest BCUT2D eigenvalue weighted by Gasteiger charge is 0.456. The van der Waals surface area contributed by atoms with E-state index in [1.54, 1.807) is 0 Å². The van der Waals surface area contributed by atoms with E-state index in [-0.39, 0.29) is 22.3 Å². The number of terminal acetylenes is 2. The molecule has 0 bridgehead atoms. The van der Waals surface area contributed by atoms with Crippen molar-refractivity contribution in [2.45, 2.75) is 22.3 Å². The molecule has 7 heavy (non-hydrogen) atoms. The summed E-state index contributed by atoms with van der Waals surface area (Å²) in [4.78, 5) is 0.